The zero-order chi connectivity index (χ0) is 35.5. The molecule has 0 bridgehead atoms. The van der Waals surface area contributed by atoms with Crippen molar-refractivity contribution in [1.29, 1.82) is 0 Å². The first kappa shape index (κ1) is 59.4. The van der Waals surface area contributed by atoms with Crippen molar-refractivity contribution in [2.45, 2.75) is 138 Å². The second-order valence-corrected chi connectivity index (χ2v) is 17.2. The Morgan fingerprint density at radius 1 is 0.191 bits per heavy atom. The average molecular weight is 933 g/mol. The molecule has 0 spiro atoms. The van der Waals surface area contributed by atoms with Gasteiger partial charge in [-0.05, 0) is 118 Å². The van der Waals surface area contributed by atoms with E-state index in [1.807, 2.05) is 0 Å². The van der Waals surface area contributed by atoms with Crippen molar-refractivity contribution in [1.82, 2.24) is 0 Å². The van der Waals surface area contributed by atoms with Gasteiger partial charge in [0, 0.05) is 17.1 Å². The SMILES string of the molecule is CC1C(C)C(C)C(C)C1C.CC1C(C)C(C)C(C)C1C.CC1C(C)C(C)C(C)C1C.CC1C(C)C(C)C(C)C1C.[Fe].[SH-].[SH-].[S]=[Nb].[S]=[Nb]. The molecular weight excluding hydrogens is 850 g/mol. The van der Waals surface area contributed by atoms with Crippen molar-refractivity contribution in [3.05, 3.63) is 0 Å². The molecule has 4 fully saturated rings. The van der Waals surface area contributed by atoms with Crippen LogP contribution in [0.4, 0.5) is 0 Å². The molecule has 4 aliphatic carbocycles. The molecule has 0 N–H and O–H groups in total. The number of hydrogen-bond acceptors (Lipinski definition) is 4. The first-order valence-electron chi connectivity index (χ1n) is 18.6. The third kappa shape index (κ3) is 15.8. The monoisotopic (exact) mass is 932 g/mol. The van der Waals surface area contributed by atoms with Gasteiger partial charge in [-0.3, -0.25) is 0 Å². The standard InChI is InChI=1S/4C10H20.Fe.2Nb.2H2S.2S/c4*1-6-7(2)9(4)10(5)8(6)3;;;;;;;/h4*6-10H,1-5H3;;;;2*1H2;;/p-2. The van der Waals surface area contributed by atoms with E-state index >= 15 is 0 Å². The molecule has 0 saturated heterocycles. The molecule has 286 valence electrons. The summed E-state index contributed by atoms with van der Waals surface area (Å²) in [6.45, 7) is 48.0. The molecule has 0 nitrogen and oxygen atoms in total. The maximum absolute atomic E-state index is 4.13. The van der Waals surface area contributed by atoms with E-state index in [0.717, 1.165) is 118 Å². The van der Waals surface area contributed by atoms with E-state index in [0.29, 0.717) is 0 Å². The van der Waals surface area contributed by atoms with E-state index in [9.17, 15) is 0 Å². The van der Waals surface area contributed by atoms with Crippen molar-refractivity contribution < 1.29 is 55.4 Å². The van der Waals surface area contributed by atoms with Gasteiger partial charge in [-0.15, -0.1) is 0 Å². The van der Waals surface area contributed by atoms with Gasteiger partial charge in [0.25, 0.3) is 0 Å². The molecule has 0 aromatic carbocycles. The van der Waals surface area contributed by atoms with E-state index in [1.165, 1.54) is 38.4 Å². The van der Waals surface area contributed by atoms with Crippen LogP contribution in [0, 0.1) is 118 Å². The maximum atomic E-state index is 4.13. The fourth-order valence-electron chi connectivity index (χ4n) is 9.58. The van der Waals surface area contributed by atoms with Gasteiger partial charge < -0.3 is 27.0 Å². The van der Waals surface area contributed by atoms with Crippen LogP contribution in [0.5, 0.6) is 0 Å². The van der Waals surface area contributed by atoms with Crippen LogP contribution in [-0.4, -0.2) is 0 Å². The van der Waals surface area contributed by atoms with Crippen LogP contribution < -0.4 is 0 Å². The number of thiol groups is 2. The Balaban J connectivity index is -0.000000158. The van der Waals surface area contributed by atoms with Gasteiger partial charge in [-0.1, -0.05) is 138 Å². The van der Waals surface area contributed by atoms with Crippen molar-refractivity contribution in [3.8, 4) is 0 Å². The summed E-state index contributed by atoms with van der Waals surface area (Å²) in [5.74, 6) is 18.7. The van der Waals surface area contributed by atoms with Crippen molar-refractivity contribution in [2.75, 3.05) is 0 Å². The minimum absolute atomic E-state index is 0. The summed E-state index contributed by atoms with van der Waals surface area (Å²) in [5, 5.41) is 0. The molecule has 0 radical (unpaired) electrons. The second-order valence-electron chi connectivity index (χ2n) is 17.2. The van der Waals surface area contributed by atoms with E-state index in [4.69, 9.17) is 0 Å². The molecule has 4 aliphatic rings. The molecule has 0 atom stereocenters. The minimum atomic E-state index is 0. The number of rotatable bonds is 0. The summed E-state index contributed by atoms with van der Waals surface area (Å²) in [4.78, 5) is 0. The Kier molecular flexibility index (Phi) is 36.1. The molecular formula is C40H82FeNb2S4-2. The predicted octanol–water partition coefficient (Wildman–Crippen LogP) is 13.5. The van der Waals surface area contributed by atoms with Crippen molar-refractivity contribution in [3.63, 3.8) is 0 Å². The van der Waals surface area contributed by atoms with Crippen LogP contribution in [0.1, 0.15) is 138 Å². The molecule has 0 heterocycles. The Bertz CT molecular complexity index is 475. The predicted molar refractivity (Wildman–Crippen MR) is 216 cm³/mol. The van der Waals surface area contributed by atoms with Crippen LogP contribution in [0.3, 0.4) is 0 Å². The quantitative estimate of drug-likeness (QED) is 0.135. The molecule has 0 aromatic rings. The van der Waals surface area contributed by atoms with Crippen LogP contribution in [0.15, 0.2) is 0 Å². The number of hydrogen-bond donors (Lipinski definition) is 0. The van der Waals surface area contributed by atoms with Crippen molar-refractivity contribution >= 4 is 46.1 Å². The van der Waals surface area contributed by atoms with Gasteiger partial charge in [0.15, 0.2) is 0 Å². The second kappa shape index (κ2) is 28.6. The Morgan fingerprint density at radius 2 is 0.213 bits per heavy atom. The summed E-state index contributed by atoms with van der Waals surface area (Å²) in [7, 11) is 8.27. The molecule has 7 heteroatoms. The fraction of sp³-hybridized carbons (Fsp3) is 1.00. The van der Waals surface area contributed by atoms with Gasteiger partial charge in [0.05, 0.1) is 0 Å². The van der Waals surface area contributed by atoms with Crippen LogP contribution in [-0.2, 0) is 82.4 Å². The van der Waals surface area contributed by atoms with Crippen molar-refractivity contribution in [2.24, 2.45) is 118 Å². The first-order valence-corrected chi connectivity index (χ1v) is 24.7. The average Bonchev–Trinajstić information content (AvgIpc) is 3.47. The molecule has 47 heavy (non-hydrogen) atoms. The molecule has 4 rings (SSSR count). The van der Waals surface area contributed by atoms with Gasteiger partial charge in [-0.2, -0.15) is 0 Å². The molecule has 0 aliphatic heterocycles. The van der Waals surface area contributed by atoms with E-state index in [2.05, 4.69) is 158 Å². The zero-order valence-corrected chi connectivity index (χ0v) is 43.4. The Hall–Kier alpha value is 3.14. The third-order valence-corrected chi connectivity index (χ3v) is 16.6. The topological polar surface area (TPSA) is 0 Å². The normalized spacial score (nSPS) is 47.4. The van der Waals surface area contributed by atoms with Gasteiger partial charge >= 0.3 is 57.5 Å². The molecule has 0 amide bonds. The van der Waals surface area contributed by atoms with Crippen LogP contribution in [0.25, 0.3) is 0 Å². The summed E-state index contributed by atoms with van der Waals surface area (Å²) in [5.41, 5.74) is 0. The Labute approximate surface area is 354 Å². The summed E-state index contributed by atoms with van der Waals surface area (Å²) >= 11 is 2.67. The molecule has 4 saturated carbocycles. The van der Waals surface area contributed by atoms with E-state index in [-0.39, 0.29) is 44.1 Å². The van der Waals surface area contributed by atoms with Crippen LogP contribution in [0.2, 0.25) is 0 Å². The fourth-order valence-corrected chi connectivity index (χ4v) is 9.58. The third-order valence-electron chi connectivity index (χ3n) is 16.6. The summed E-state index contributed by atoms with van der Waals surface area (Å²) in [6, 6.07) is 0. The van der Waals surface area contributed by atoms with Crippen LogP contribution >= 0.6 is 19.2 Å². The van der Waals surface area contributed by atoms with E-state index < -0.39 is 0 Å². The van der Waals surface area contributed by atoms with Gasteiger partial charge in [-0.25, -0.2) is 0 Å². The Morgan fingerprint density at radius 3 is 0.234 bits per heavy atom. The molecule has 0 aromatic heterocycles. The summed E-state index contributed by atoms with van der Waals surface area (Å²) in [6.07, 6.45) is 0. The van der Waals surface area contributed by atoms with Gasteiger partial charge in [0.1, 0.15) is 0 Å². The summed E-state index contributed by atoms with van der Waals surface area (Å²) < 4.78 is 0. The van der Waals surface area contributed by atoms with Gasteiger partial charge in [0.2, 0.25) is 0 Å². The zero-order valence-electron chi connectivity index (χ0n) is 34.5. The van der Waals surface area contributed by atoms with E-state index in [1.54, 1.807) is 0 Å². The molecule has 0 unspecified atom stereocenters. The first-order chi connectivity index (χ1) is 20.2.